The number of anilines is 1. The van der Waals surface area contributed by atoms with Crippen molar-refractivity contribution < 1.29 is 13.2 Å². The maximum Gasteiger partial charge on any atom is 0.269 e. The fourth-order valence-electron chi connectivity index (χ4n) is 5.98. The van der Waals surface area contributed by atoms with Crippen LogP contribution in [0.15, 0.2) is 175 Å². The molecule has 224 valence electrons. The molecule has 0 spiro atoms. The van der Waals surface area contributed by atoms with Gasteiger partial charge in [0.05, 0.1) is 22.3 Å². The Kier molecular flexibility index (Phi) is 7.79. The van der Waals surface area contributed by atoms with Crippen LogP contribution in [0.5, 0.6) is 0 Å². The lowest BCUT2D eigenvalue weighted by Gasteiger charge is -2.35. The van der Waals surface area contributed by atoms with Gasteiger partial charge in [-0.15, -0.1) is 0 Å². The standard InChI is InChI=1S/C40H30N2O3S/c43-40(32-22-12-4-13-23-32)41-38(30-18-8-2-9-19-30)33-26-27-35-36(28-33)46(44,45)42(34-24-14-5-15-25-34)39(31-20-10-3-11-21-31)37(35)29-16-6-1-7-17-29/h1-28,38H,(H,41,43). The van der Waals surface area contributed by atoms with E-state index in [0.29, 0.717) is 28.1 Å². The topological polar surface area (TPSA) is 66.5 Å². The molecule has 1 aliphatic rings. The van der Waals surface area contributed by atoms with Gasteiger partial charge in [-0.1, -0.05) is 140 Å². The largest absolute Gasteiger partial charge is 0.341 e. The van der Waals surface area contributed by atoms with Gasteiger partial charge in [-0.05, 0) is 52.6 Å². The Hall–Kier alpha value is -5.72. The highest BCUT2D eigenvalue weighted by atomic mass is 32.2. The van der Waals surface area contributed by atoms with E-state index in [-0.39, 0.29) is 10.8 Å². The number of fused-ring (bicyclic) bond motifs is 1. The van der Waals surface area contributed by atoms with Gasteiger partial charge in [-0.25, -0.2) is 12.7 Å². The molecule has 46 heavy (non-hydrogen) atoms. The van der Waals surface area contributed by atoms with Crippen LogP contribution in [-0.2, 0) is 10.0 Å². The fraction of sp³-hybridized carbons (Fsp3) is 0.0250. The molecule has 6 aromatic carbocycles. The number of benzene rings is 6. The quantitative estimate of drug-likeness (QED) is 0.196. The van der Waals surface area contributed by atoms with E-state index in [1.165, 1.54) is 4.31 Å². The van der Waals surface area contributed by atoms with Crippen LogP contribution in [0.4, 0.5) is 5.69 Å². The van der Waals surface area contributed by atoms with Crippen LogP contribution < -0.4 is 9.62 Å². The van der Waals surface area contributed by atoms with Crippen molar-refractivity contribution in [3.8, 4) is 0 Å². The van der Waals surface area contributed by atoms with Crippen LogP contribution in [-0.4, -0.2) is 14.3 Å². The predicted molar refractivity (Wildman–Crippen MR) is 184 cm³/mol. The maximum absolute atomic E-state index is 14.9. The normalized spacial score (nSPS) is 14.3. The van der Waals surface area contributed by atoms with E-state index in [9.17, 15) is 13.2 Å². The summed E-state index contributed by atoms with van der Waals surface area (Å²) in [7, 11) is -4.13. The van der Waals surface area contributed by atoms with Gasteiger partial charge in [0, 0.05) is 16.7 Å². The number of amides is 1. The average molecular weight is 619 g/mol. The molecule has 0 fully saturated rings. The molecule has 0 bridgehead atoms. The Morgan fingerprint density at radius 3 is 1.70 bits per heavy atom. The smallest absolute Gasteiger partial charge is 0.269 e. The van der Waals surface area contributed by atoms with E-state index >= 15 is 0 Å². The predicted octanol–water partition coefficient (Wildman–Crippen LogP) is 8.33. The number of nitrogens with zero attached hydrogens (tertiary/aromatic N) is 1. The number of rotatable bonds is 7. The van der Waals surface area contributed by atoms with Crippen molar-refractivity contribution in [1.82, 2.24) is 5.32 Å². The zero-order valence-electron chi connectivity index (χ0n) is 24.8. The maximum atomic E-state index is 14.9. The Balaban J connectivity index is 1.48. The van der Waals surface area contributed by atoms with E-state index in [1.54, 1.807) is 18.2 Å². The van der Waals surface area contributed by atoms with Crippen LogP contribution in [0.25, 0.3) is 11.3 Å². The molecule has 1 amide bonds. The first kappa shape index (κ1) is 29.0. The summed E-state index contributed by atoms with van der Waals surface area (Å²) in [4.78, 5) is 13.6. The van der Waals surface area contributed by atoms with Crippen LogP contribution in [0.2, 0.25) is 0 Å². The lowest BCUT2D eigenvalue weighted by molar-refractivity contribution is 0.0943. The van der Waals surface area contributed by atoms with E-state index in [1.807, 2.05) is 152 Å². The van der Waals surface area contributed by atoms with Crippen LogP contribution >= 0.6 is 0 Å². The molecular weight excluding hydrogens is 589 g/mol. The van der Waals surface area contributed by atoms with Gasteiger partial charge in [0.25, 0.3) is 15.9 Å². The summed E-state index contributed by atoms with van der Waals surface area (Å²) in [6.45, 7) is 0. The summed E-state index contributed by atoms with van der Waals surface area (Å²) in [6, 6.07) is 52.2. The van der Waals surface area contributed by atoms with Crippen LogP contribution in [0.3, 0.4) is 0 Å². The van der Waals surface area contributed by atoms with Gasteiger partial charge in [0.1, 0.15) is 0 Å². The second-order valence-corrected chi connectivity index (χ2v) is 12.8. The Morgan fingerprint density at radius 1 is 0.565 bits per heavy atom. The van der Waals surface area contributed by atoms with Gasteiger partial charge >= 0.3 is 0 Å². The van der Waals surface area contributed by atoms with E-state index in [0.717, 1.165) is 22.3 Å². The molecular formula is C40H30N2O3S. The molecule has 1 N–H and O–H groups in total. The van der Waals surface area contributed by atoms with Crippen LogP contribution in [0, 0.1) is 0 Å². The van der Waals surface area contributed by atoms with Gasteiger partial charge < -0.3 is 5.32 Å². The molecule has 1 heterocycles. The van der Waals surface area contributed by atoms with Crippen molar-refractivity contribution in [3.05, 3.63) is 203 Å². The lowest BCUT2D eigenvalue weighted by atomic mass is 9.90. The molecule has 0 saturated carbocycles. The third kappa shape index (κ3) is 5.40. The molecule has 7 rings (SSSR count). The summed E-state index contributed by atoms with van der Waals surface area (Å²) in [6.07, 6.45) is 0. The number of hydrogen-bond donors (Lipinski definition) is 1. The molecule has 0 radical (unpaired) electrons. The van der Waals surface area contributed by atoms with Crippen molar-refractivity contribution in [2.75, 3.05) is 4.31 Å². The first-order chi connectivity index (χ1) is 22.5. The monoisotopic (exact) mass is 618 g/mol. The van der Waals surface area contributed by atoms with E-state index < -0.39 is 16.1 Å². The Bertz CT molecular complexity index is 2130. The minimum absolute atomic E-state index is 0.169. The summed E-state index contributed by atoms with van der Waals surface area (Å²) >= 11 is 0. The summed E-state index contributed by atoms with van der Waals surface area (Å²) in [5, 5.41) is 3.16. The highest BCUT2D eigenvalue weighted by Gasteiger charge is 2.39. The van der Waals surface area contributed by atoms with Crippen molar-refractivity contribution in [2.24, 2.45) is 0 Å². The molecule has 5 nitrogen and oxygen atoms in total. The van der Waals surface area contributed by atoms with Gasteiger partial charge in [0.2, 0.25) is 0 Å². The molecule has 1 unspecified atom stereocenters. The minimum atomic E-state index is -4.13. The summed E-state index contributed by atoms with van der Waals surface area (Å²) < 4.78 is 31.3. The summed E-state index contributed by atoms with van der Waals surface area (Å²) in [5.74, 6) is -0.253. The fourth-order valence-corrected chi connectivity index (χ4v) is 7.75. The number of nitrogens with one attached hydrogen (secondary N) is 1. The zero-order chi connectivity index (χ0) is 31.5. The van der Waals surface area contributed by atoms with Crippen LogP contribution in [0.1, 0.15) is 44.2 Å². The van der Waals surface area contributed by atoms with Gasteiger partial charge in [-0.3, -0.25) is 4.79 Å². The molecule has 0 aliphatic carbocycles. The second-order valence-electron chi connectivity index (χ2n) is 11.0. The SMILES string of the molecule is O=C(NC(c1ccccc1)c1ccc2c(c1)S(=O)(=O)N(c1ccccc1)C(c1ccccc1)=C2c1ccccc1)c1ccccc1. The first-order valence-electron chi connectivity index (χ1n) is 15.0. The van der Waals surface area contributed by atoms with Crippen molar-refractivity contribution in [2.45, 2.75) is 10.9 Å². The number of hydrogen-bond acceptors (Lipinski definition) is 3. The molecule has 6 heteroatoms. The third-order valence-electron chi connectivity index (χ3n) is 8.11. The molecule has 1 aliphatic heterocycles. The van der Waals surface area contributed by atoms with E-state index in [4.69, 9.17) is 0 Å². The second kappa shape index (κ2) is 12.3. The van der Waals surface area contributed by atoms with Crippen molar-refractivity contribution in [3.63, 3.8) is 0 Å². The number of carbonyl (C=O) groups is 1. The third-order valence-corrected chi connectivity index (χ3v) is 9.88. The minimum Gasteiger partial charge on any atom is -0.341 e. The lowest BCUT2D eigenvalue weighted by Crippen LogP contribution is -2.35. The zero-order valence-corrected chi connectivity index (χ0v) is 25.6. The van der Waals surface area contributed by atoms with Crippen molar-refractivity contribution in [1.29, 1.82) is 0 Å². The molecule has 1 atom stereocenters. The summed E-state index contributed by atoms with van der Waals surface area (Å²) in [5.41, 5.74) is 6.19. The highest BCUT2D eigenvalue weighted by molar-refractivity contribution is 7.93. The molecule has 6 aromatic rings. The Labute approximate surface area is 269 Å². The number of para-hydroxylation sites is 1. The highest BCUT2D eigenvalue weighted by Crippen LogP contribution is 2.47. The molecule has 0 saturated heterocycles. The molecule has 0 aromatic heterocycles. The first-order valence-corrected chi connectivity index (χ1v) is 16.5. The van der Waals surface area contributed by atoms with Gasteiger partial charge in [-0.2, -0.15) is 0 Å². The average Bonchev–Trinajstić information content (AvgIpc) is 3.12. The van der Waals surface area contributed by atoms with E-state index in [2.05, 4.69) is 5.32 Å². The Morgan fingerprint density at radius 2 is 1.09 bits per heavy atom. The number of carbonyl (C=O) groups excluding carboxylic acids is 1. The van der Waals surface area contributed by atoms with Gasteiger partial charge in [0.15, 0.2) is 0 Å². The van der Waals surface area contributed by atoms with Crippen molar-refractivity contribution >= 4 is 32.9 Å². The number of sulfonamides is 1.